The Morgan fingerprint density at radius 1 is 0.278 bits per heavy atom. The van der Waals surface area contributed by atoms with E-state index in [2.05, 4.69) is 217 Å². The van der Waals surface area contributed by atoms with Crippen molar-refractivity contribution < 1.29 is 0 Å². The van der Waals surface area contributed by atoms with Crippen molar-refractivity contribution in [2.45, 2.75) is 5.41 Å². The zero-order chi connectivity index (χ0) is 35.6. The predicted octanol–water partition coefficient (Wildman–Crippen LogP) is 14.0. The molecule has 9 aromatic carbocycles. The molecule has 0 atom stereocenters. The van der Waals surface area contributed by atoms with E-state index in [0.29, 0.717) is 0 Å². The van der Waals surface area contributed by atoms with Crippen LogP contribution in [-0.2, 0) is 5.41 Å². The van der Waals surface area contributed by atoms with Gasteiger partial charge in [-0.15, -0.1) is 0 Å². The highest BCUT2D eigenvalue weighted by Gasteiger charge is 2.51. The third-order valence-electron chi connectivity index (χ3n) is 11.7. The van der Waals surface area contributed by atoms with Gasteiger partial charge >= 0.3 is 0 Å². The van der Waals surface area contributed by atoms with E-state index in [1.54, 1.807) is 0 Å². The molecule has 2 aliphatic rings. The van der Waals surface area contributed by atoms with E-state index >= 15 is 0 Å². The Bertz CT molecular complexity index is 2840. The molecular formula is C53H35N. The first-order valence-electron chi connectivity index (χ1n) is 18.8. The van der Waals surface area contributed by atoms with E-state index in [9.17, 15) is 0 Å². The van der Waals surface area contributed by atoms with Gasteiger partial charge in [-0.25, -0.2) is 0 Å². The van der Waals surface area contributed by atoms with Gasteiger partial charge in [0, 0.05) is 16.9 Å². The largest absolute Gasteiger partial charge is 0.310 e. The van der Waals surface area contributed by atoms with E-state index in [4.69, 9.17) is 0 Å². The second kappa shape index (κ2) is 12.0. The van der Waals surface area contributed by atoms with E-state index in [-0.39, 0.29) is 5.41 Å². The molecule has 1 heteroatoms. The van der Waals surface area contributed by atoms with E-state index in [0.717, 1.165) is 17.1 Å². The molecule has 0 aliphatic heterocycles. The molecule has 0 saturated heterocycles. The molecule has 2 aliphatic carbocycles. The van der Waals surface area contributed by atoms with Crippen LogP contribution in [0.15, 0.2) is 212 Å². The van der Waals surface area contributed by atoms with Crippen LogP contribution in [0.4, 0.5) is 17.1 Å². The van der Waals surface area contributed by atoms with Gasteiger partial charge < -0.3 is 4.90 Å². The van der Waals surface area contributed by atoms with Crippen LogP contribution in [0.3, 0.4) is 0 Å². The first kappa shape index (κ1) is 30.6. The second-order valence-electron chi connectivity index (χ2n) is 14.4. The smallest absolute Gasteiger partial charge is 0.0725 e. The van der Waals surface area contributed by atoms with Crippen molar-refractivity contribution in [1.29, 1.82) is 0 Å². The fraction of sp³-hybridized carbons (Fsp3) is 0.0189. The summed E-state index contributed by atoms with van der Waals surface area (Å²) < 4.78 is 0. The number of fused-ring (bicyclic) bond motifs is 11. The minimum absolute atomic E-state index is 0.369. The lowest BCUT2D eigenvalue weighted by Crippen LogP contribution is -2.25. The molecule has 1 spiro atoms. The summed E-state index contributed by atoms with van der Waals surface area (Å²) >= 11 is 0. The summed E-state index contributed by atoms with van der Waals surface area (Å²) in [4.78, 5) is 2.44. The molecule has 1 nitrogen and oxygen atoms in total. The topological polar surface area (TPSA) is 3.24 Å². The average Bonchev–Trinajstić information content (AvgIpc) is 3.71. The normalized spacial score (nSPS) is 13.0. The molecule has 54 heavy (non-hydrogen) atoms. The van der Waals surface area contributed by atoms with Crippen LogP contribution in [0.25, 0.3) is 55.3 Å². The number of nitrogens with zero attached hydrogens (tertiary/aromatic N) is 1. The number of hydrogen-bond donors (Lipinski definition) is 0. The van der Waals surface area contributed by atoms with Crippen molar-refractivity contribution in [3.8, 4) is 44.5 Å². The maximum absolute atomic E-state index is 2.44. The van der Waals surface area contributed by atoms with Crippen LogP contribution in [0, 0.1) is 0 Å². The van der Waals surface area contributed by atoms with Gasteiger partial charge in [0.25, 0.3) is 0 Å². The van der Waals surface area contributed by atoms with Gasteiger partial charge in [-0.05, 0) is 108 Å². The van der Waals surface area contributed by atoms with E-state index in [1.165, 1.54) is 77.5 Å². The standard InChI is InChI=1S/C53H35N/c1-2-15-38(16-3-1)43-18-9-13-25-52(43)54(41-30-28-37(29-31-41)40-27-26-36-14-4-5-17-39(36)34-40)42-32-33-51-47(35-42)46-21-8-12-24-50(46)53(51)48-22-10-6-19-44(48)45-20-7-11-23-49(45)53/h1-35H. The Kier molecular flexibility index (Phi) is 6.84. The predicted molar refractivity (Wildman–Crippen MR) is 226 cm³/mol. The lowest BCUT2D eigenvalue weighted by molar-refractivity contribution is 0.794. The zero-order valence-corrected chi connectivity index (χ0v) is 29.7. The summed E-state index contributed by atoms with van der Waals surface area (Å²) in [7, 11) is 0. The fourth-order valence-electron chi connectivity index (χ4n) is 9.36. The zero-order valence-electron chi connectivity index (χ0n) is 29.7. The minimum Gasteiger partial charge on any atom is -0.310 e. The van der Waals surface area contributed by atoms with E-state index < -0.39 is 0 Å². The molecule has 0 amide bonds. The first-order valence-corrected chi connectivity index (χ1v) is 18.8. The van der Waals surface area contributed by atoms with Crippen LogP contribution in [0.1, 0.15) is 22.3 Å². The molecule has 0 heterocycles. The molecule has 9 aromatic rings. The highest BCUT2D eigenvalue weighted by atomic mass is 15.1. The molecule has 0 bridgehead atoms. The molecule has 11 rings (SSSR count). The van der Waals surface area contributed by atoms with Crippen molar-refractivity contribution >= 4 is 27.8 Å². The van der Waals surface area contributed by atoms with Crippen LogP contribution < -0.4 is 4.90 Å². The molecule has 0 unspecified atom stereocenters. The van der Waals surface area contributed by atoms with Gasteiger partial charge in [0.15, 0.2) is 0 Å². The first-order chi connectivity index (χ1) is 26.8. The van der Waals surface area contributed by atoms with Crippen molar-refractivity contribution in [3.05, 3.63) is 235 Å². The number of para-hydroxylation sites is 1. The Labute approximate surface area is 316 Å². The molecule has 0 fully saturated rings. The molecule has 252 valence electrons. The Morgan fingerprint density at radius 3 is 1.46 bits per heavy atom. The Balaban J connectivity index is 1.12. The molecule has 0 aromatic heterocycles. The molecule has 0 N–H and O–H groups in total. The second-order valence-corrected chi connectivity index (χ2v) is 14.4. The van der Waals surface area contributed by atoms with Crippen molar-refractivity contribution in [1.82, 2.24) is 0 Å². The summed E-state index contributed by atoms with van der Waals surface area (Å²) in [6, 6.07) is 78.2. The minimum atomic E-state index is -0.369. The van der Waals surface area contributed by atoms with Gasteiger partial charge in [-0.1, -0.05) is 176 Å². The summed E-state index contributed by atoms with van der Waals surface area (Å²) in [6.45, 7) is 0. The fourth-order valence-corrected chi connectivity index (χ4v) is 9.36. The summed E-state index contributed by atoms with van der Waals surface area (Å²) in [6.07, 6.45) is 0. The summed E-state index contributed by atoms with van der Waals surface area (Å²) in [5.41, 5.74) is 18.4. The van der Waals surface area contributed by atoms with Crippen molar-refractivity contribution in [3.63, 3.8) is 0 Å². The number of hydrogen-bond acceptors (Lipinski definition) is 1. The van der Waals surface area contributed by atoms with Gasteiger partial charge in [-0.2, -0.15) is 0 Å². The summed E-state index contributed by atoms with van der Waals surface area (Å²) in [5, 5.41) is 2.51. The quantitative estimate of drug-likeness (QED) is 0.174. The Morgan fingerprint density at radius 2 is 0.778 bits per heavy atom. The summed E-state index contributed by atoms with van der Waals surface area (Å²) in [5.74, 6) is 0. The van der Waals surface area contributed by atoms with Crippen molar-refractivity contribution in [2.24, 2.45) is 0 Å². The molecule has 0 saturated carbocycles. The highest BCUT2D eigenvalue weighted by Crippen LogP contribution is 2.63. The number of benzene rings is 9. The maximum atomic E-state index is 2.44. The molecule has 0 radical (unpaired) electrons. The molecular weight excluding hydrogens is 651 g/mol. The van der Waals surface area contributed by atoms with Crippen LogP contribution >= 0.6 is 0 Å². The van der Waals surface area contributed by atoms with Crippen LogP contribution in [0.5, 0.6) is 0 Å². The third-order valence-corrected chi connectivity index (χ3v) is 11.7. The van der Waals surface area contributed by atoms with Gasteiger partial charge in [-0.3, -0.25) is 0 Å². The maximum Gasteiger partial charge on any atom is 0.0725 e. The number of anilines is 3. The SMILES string of the molecule is c1ccc(-c2ccccc2N(c2ccc(-c3ccc4ccccc4c3)cc2)c2ccc3c(c2)-c2ccccc2C32c3ccccc3-c3ccccc32)cc1. The monoisotopic (exact) mass is 685 g/mol. The van der Waals surface area contributed by atoms with Crippen LogP contribution in [0.2, 0.25) is 0 Å². The lowest BCUT2D eigenvalue weighted by Gasteiger charge is -2.31. The van der Waals surface area contributed by atoms with E-state index in [1.807, 2.05) is 0 Å². The van der Waals surface area contributed by atoms with Crippen LogP contribution in [-0.4, -0.2) is 0 Å². The number of rotatable bonds is 5. The average molecular weight is 686 g/mol. The lowest BCUT2D eigenvalue weighted by atomic mass is 9.70. The van der Waals surface area contributed by atoms with Gasteiger partial charge in [0.1, 0.15) is 0 Å². The highest BCUT2D eigenvalue weighted by molar-refractivity contribution is 5.97. The Hall–Kier alpha value is -6.96. The van der Waals surface area contributed by atoms with Gasteiger partial charge in [0.2, 0.25) is 0 Å². The van der Waals surface area contributed by atoms with Crippen molar-refractivity contribution in [2.75, 3.05) is 4.90 Å². The van der Waals surface area contributed by atoms with Gasteiger partial charge in [0.05, 0.1) is 11.1 Å². The third kappa shape index (κ3) is 4.45.